The Morgan fingerprint density at radius 1 is 0.525 bits per heavy atom. The fourth-order valence-corrected chi connectivity index (χ4v) is 6.99. The molecule has 0 bridgehead atoms. The van der Waals surface area contributed by atoms with Gasteiger partial charge in [-0.05, 0) is 83.5 Å². The number of carbonyl (C=O) groups is 1. The van der Waals surface area contributed by atoms with Gasteiger partial charge >= 0.3 is 5.97 Å². The molecule has 0 saturated carbocycles. The van der Waals surface area contributed by atoms with Crippen LogP contribution in [-0.2, 0) is 27.9 Å². The van der Waals surface area contributed by atoms with Crippen molar-refractivity contribution in [2.75, 3.05) is 54.1 Å². The molecule has 0 saturated heterocycles. The molecular formula is C50H92NO7P. The molecule has 0 fully saturated rings. The number of nitrogens with zero attached hydrogens (tertiary/aromatic N) is 1. The van der Waals surface area contributed by atoms with Crippen LogP contribution in [0.4, 0.5) is 0 Å². The Morgan fingerprint density at radius 3 is 1.44 bits per heavy atom. The smallest absolute Gasteiger partial charge is 0.305 e. The third-order valence-electron chi connectivity index (χ3n) is 10.1. The van der Waals surface area contributed by atoms with Crippen LogP contribution < -0.4 is 4.89 Å². The SMILES string of the molecule is CCCCC/C=C\C/C=C\C/C=C\C/C=C\CCCCO[C@H](COC(=O)CCCCCCCCCCC/C=C\CCCCCCCC)COP(=O)([O-])OCC[N+](C)(C)C. The Morgan fingerprint density at radius 2 is 0.932 bits per heavy atom. The third kappa shape index (κ3) is 47.1. The molecule has 9 heteroatoms. The van der Waals surface area contributed by atoms with E-state index in [1.807, 2.05) is 21.1 Å². The minimum Gasteiger partial charge on any atom is -0.756 e. The van der Waals surface area contributed by atoms with E-state index in [4.69, 9.17) is 18.5 Å². The molecule has 8 nitrogen and oxygen atoms in total. The van der Waals surface area contributed by atoms with Gasteiger partial charge in [-0.25, -0.2) is 0 Å². The molecule has 0 radical (unpaired) electrons. The number of esters is 1. The zero-order valence-electron chi connectivity index (χ0n) is 38.9. The van der Waals surface area contributed by atoms with Crippen LogP contribution in [0.3, 0.4) is 0 Å². The number of carbonyl (C=O) groups excluding carboxylic acids is 1. The summed E-state index contributed by atoms with van der Waals surface area (Å²) in [5, 5.41) is 0. The summed E-state index contributed by atoms with van der Waals surface area (Å²) in [6.45, 7) is 5.16. The van der Waals surface area contributed by atoms with Crippen LogP contribution in [0.2, 0.25) is 0 Å². The van der Waals surface area contributed by atoms with Crippen LogP contribution in [0.1, 0.15) is 194 Å². The molecule has 0 aliphatic heterocycles. The first kappa shape index (κ1) is 57.2. The average molecular weight is 850 g/mol. The van der Waals surface area contributed by atoms with E-state index in [0.717, 1.165) is 57.8 Å². The number of unbranched alkanes of at least 4 members (excludes halogenated alkanes) is 20. The lowest BCUT2D eigenvalue weighted by molar-refractivity contribution is -0.870. The van der Waals surface area contributed by atoms with Crippen molar-refractivity contribution >= 4 is 13.8 Å². The average Bonchev–Trinajstić information content (AvgIpc) is 3.19. The van der Waals surface area contributed by atoms with Crippen LogP contribution >= 0.6 is 7.82 Å². The summed E-state index contributed by atoms with van der Waals surface area (Å²) in [7, 11) is 1.36. The Balaban J connectivity index is 4.26. The maximum absolute atomic E-state index is 12.5. The number of phosphoric ester groups is 1. The molecule has 0 aromatic rings. The van der Waals surface area contributed by atoms with Crippen molar-refractivity contribution in [2.24, 2.45) is 0 Å². The van der Waals surface area contributed by atoms with Crippen molar-refractivity contribution in [1.82, 2.24) is 0 Å². The molecule has 59 heavy (non-hydrogen) atoms. The molecule has 1 unspecified atom stereocenters. The van der Waals surface area contributed by atoms with E-state index < -0.39 is 13.9 Å². The predicted molar refractivity (Wildman–Crippen MR) is 249 cm³/mol. The zero-order valence-corrected chi connectivity index (χ0v) is 39.8. The first-order valence-corrected chi connectivity index (χ1v) is 25.5. The molecule has 344 valence electrons. The van der Waals surface area contributed by atoms with Gasteiger partial charge in [-0.1, -0.05) is 164 Å². The normalized spacial score (nSPS) is 14.2. The summed E-state index contributed by atoms with van der Waals surface area (Å²) < 4.78 is 34.6. The van der Waals surface area contributed by atoms with Crippen molar-refractivity contribution < 1.29 is 37.3 Å². The maximum atomic E-state index is 12.5. The Hall–Kier alpha value is -1.80. The van der Waals surface area contributed by atoms with Crippen LogP contribution in [0, 0.1) is 0 Å². The number of phosphoric acid groups is 1. The van der Waals surface area contributed by atoms with Gasteiger partial charge in [0.25, 0.3) is 7.82 Å². The van der Waals surface area contributed by atoms with Crippen molar-refractivity contribution in [1.29, 1.82) is 0 Å². The summed E-state index contributed by atoms with van der Waals surface area (Å²) in [5.74, 6) is -0.287. The predicted octanol–water partition coefficient (Wildman–Crippen LogP) is 13.9. The van der Waals surface area contributed by atoms with Gasteiger partial charge in [-0.2, -0.15) is 0 Å². The topological polar surface area (TPSA) is 94.1 Å². The van der Waals surface area contributed by atoms with Gasteiger partial charge in [0.2, 0.25) is 0 Å². The molecule has 0 aromatic carbocycles. The molecular weight excluding hydrogens is 758 g/mol. The minimum atomic E-state index is -4.51. The van der Waals surface area contributed by atoms with Crippen LogP contribution in [0.5, 0.6) is 0 Å². The monoisotopic (exact) mass is 850 g/mol. The fraction of sp³-hybridized carbons (Fsp3) is 0.780. The quantitative estimate of drug-likeness (QED) is 0.0198. The highest BCUT2D eigenvalue weighted by atomic mass is 31.2. The molecule has 0 rings (SSSR count). The first-order chi connectivity index (χ1) is 28.6. The van der Waals surface area contributed by atoms with Gasteiger partial charge < -0.3 is 27.9 Å². The lowest BCUT2D eigenvalue weighted by Crippen LogP contribution is -2.37. The fourth-order valence-electron chi connectivity index (χ4n) is 6.26. The van der Waals surface area contributed by atoms with Gasteiger partial charge in [-0.15, -0.1) is 0 Å². The largest absolute Gasteiger partial charge is 0.756 e. The molecule has 0 heterocycles. The van der Waals surface area contributed by atoms with Crippen LogP contribution in [-0.4, -0.2) is 70.7 Å². The first-order valence-electron chi connectivity index (χ1n) is 24.0. The van der Waals surface area contributed by atoms with Gasteiger partial charge in [0.05, 0.1) is 27.7 Å². The second kappa shape index (κ2) is 42.9. The number of likely N-dealkylation sites (N-methyl/N-ethyl adjacent to an activating group) is 1. The minimum absolute atomic E-state index is 0.0273. The van der Waals surface area contributed by atoms with Gasteiger partial charge in [-0.3, -0.25) is 9.36 Å². The number of allylic oxidation sites excluding steroid dienone is 10. The lowest BCUT2D eigenvalue weighted by Gasteiger charge is -2.28. The van der Waals surface area contributed by atoms with Gasteiger partial charge in [0.15, 0.2) is 0 Å². The molecule has 0 aromatic heterocycles. The van der Waals surface area contributed by atoms with Crippen molar-refractivity contribution in [3.05, 3.63) is 60.8 Å². The Bertz CT molecular complexity index is 1130. The van der Waals surface area contributed by atoms with Crippen molar-refractivity contribution in [2.45, 2.75) is 200 Å². The van der Waals surface area contributed by atoms with E-state index >= 15 is 0 Å². The second-order valence-corrected chi connectivity index (χ2v) is 18.5. The number of rotatable bonds is 44. The molecule has 0 aliphatic carbocycles. The van der Waals surface area contributed by atoms with E-state index in [2.05, 4.69) is 74.6 Å². The highest BCUT2D eigenvalue weighted by Crippen LogP contribution is 2.38. The number of quaternary nitrogens is 1. The highest BCUT2D eigenvalue weighted by molar-refractivity contribution is 7.45. The van der Waals surface area contributed by atoms with E-state index in [9.17, 15) is 14.3 Å². The summed E-state index contributed by atoms with van der Waals surface area (Å²) >= 11 is 0. The van der Waals surface area contributed by atoms with Crippen LogP contribution in [0.15, 0.2) is 60.8 Å². The Kier molecular flexibility index (Phi) is 41.6. The molecule has 0 spiro atoms. The summed E-state index contributed by atoms with van der Waals surface area (Å²) in [5.41, 5.74) is 0. The van der Waals surface area contributed by atoms with Crippen LogP contribution in [0.25, 0.3) is 0 Å². The standard InChI is InChI=1S/C50H92NO7P/c1-6-8-10-12-14-16-18-20-22-24-26-27-29-31-33-35-37-39-41-43-50(52)56-47-49(48-58-59(53,54)57-46-44-51(3,4)5)55-45-42-40-38-36-34-32-30-28-25-23-21-19-17-15-13-11-9-7-2/h15,17,20-23,28,30,34,36,49H,6-14,16,18-19,24-27,29,31-33,35,37-48H2,1-5H3/b17-15-,22-20-,23-21-,30-28-,36-34-/t49-/m1/s1. The van der Waals surface area contributed by atoms with Crippen molar-refractivity contribution in [3.8, 4) is 0 Å². The van der Waals surface area contributed by atoms with Gasteiger partial charge in [0.1, 0.15) is 25.9 Å². The van der Waals surface area contributed by atoms with Gasteiger partial charge in [0, 0.05) is 13.0 Å². The molecule has 0 aliphatic rings. The van der Waals surface area contributed by atoms with Crippen molar-refractivity contribution in [3.63, 3.8) is 0 Å². The maximum Gasteiger partial charge on any atom is 0.305 e. The summed E-state index contributed by atoms with van der Waals surface area (Å²) in [4.78, 5) is 24.9. The van der Waals surface area contributed by atoms with E-state index in [1.54, 1.807) is 0 Å². The molecule has 2 atom stereocenters. The zero-order chi connectivity index (χ0) is 43.4. The highest BCUT2D eigenvalue weighted by Gasteiger charge is 2.19. The van der Waals surface area contributed by atoms with E-state index in [0.29, 0.717) is 24.1 Å². The number of hydrogen-bond acceptors (Lipinski definition) is 7. The molecule has 0 N–H and O–H groups in total. The number of hydrogen-bond donors (Lipinski definition) is 0. The summed E-state index contributed by atoms with van der Waals surface area (Å²) in [6, 6.07) is 0. The Labute approximate surface area is 364 Å². The third-order valence-corrected chi connectivity index (χ3v) is 11.0. The lowest BCUT2D eigenvalue weighted by atomic mass is 10.1. The second-order valence-electron chi connectivity index (χ2n) is 17.1. The number of ether oxygens (including phenoxy) is 2. The molecule has 0 amide bonds. The van der Waals surface area contributed by atoms with E-state index in [-0.39, 0.29) is 25.8 Å². The van der Waals surface area contributed by atoms with E-state index in [1.165, 1.54) is 116 Å². The summed E-state index contributed by atoms with van der Waals surface area (Å²) in [6.07, 6.45) is 54.0.